The van der Waals surface area contributed by atoms with Crippen molar-refractivity contribution in [1.82, 2.24) is 16.0 Å². The summed E-state index contributed by atoms with van der Waals surface area (Å²) < 4.78 is 0. The van der Waals surface area contributed by atoms with Crippen LogP contribution in [0.25, 0.3) is 0 Å². The summed E-state index contributed by atoms with van der Waals surface area (Å²) in [6.07, 6.45) is 0.572. The third-order valence-electron chi connectivity index (χ3n) is 2.23. The molecular formula is C11H25N7. The summed E-state index contributed by atoms with van der Waals surface area (Å²) in [5, 5.41) is 9.31. The van der Waals surface area contributed by atoms with E-state index in [2.05, 4.69) is 25.9 Å². The smallest absolute Gasteiger partial charge is 0.201 e. The van der Waals surface area contributed by atoms with Gasteiger partial charge in [-0.1, -0.05) is 0 Å². The van der Waals surface area contributed by atoms with Gasteiger partial charge in [-0.05, 0) is 34.2 Å². The lowest BCUT2D eigenvalue weighted by Crippen LogP contribution is -2.76. The summed E-state index contributed by atoms with van der Waals surface area (Å²) in [5.41, 5.74) is 11.8. The largest absolute Gasteiger partial charge is 0.330 e. The van der Waals surface area contributed by atoms with Crippen LogP contribution in [0.3, 0.4) is 0 Å². The van der Waals surface area contributed by atoms with E-state index in [9.17, 15) is 0 Å². The van der Waals surface area contributed by atoms with E-state index in [1.165, 1.54) is 0 Å². The first-order valence-electron chi connectivity index (χ1n) is 6.32. The minimum atomic E-state index is -0.804. The Labute approximate surface area is 109 Å². The number of guanidine groups is 2. The molecule has 1 fully saturated rings. The highest BCUT2D eigenvalue weighted by Crippen LogP contribution is 2.02. The van der Waals surface area contributed by atoms with Gasteiger partial charge in [0.15, 0.2) is 5.79 Å². The molecule has 104 valence electrons. The summed E-state index contributed by atoms with van der Waals surface area (Å²) in [6, 6.07) is 0.334. The molecule has 1 heterocycles. The number of nitrogens with zero attached hydrogens (tertiary/aromatic N) is 2. The van der Waals surface area contributed by atoms with E-state index in [-0.39, 0.29) is 12.1 Å². The van der Waals surface area contributed by atoms with Crippen molar-refractivity contribution in [3.8, 4) is 0 Å². The van der Waals surface area contributed by atoms with Crippen LogP contribution >= 0.6 is 0 Å². The maximum absolute atomic E-state index is 6.20. The minimum absolute atomic E-state index is 0.167. The van der Waals surface area contributed by atoms with Crippen LogP contribution in [0.5, 0.6) is 0 Å². The highest BCUT2D eigenvalue weighted by atomic mass is 15.5. The van der Waals surface area contributed by atoms with E-state index in [1.54, 1.807) is 0 Å². The van der Waals surface area contributed by atoms with E-state index >= 15 is 0 Å². The molecule has 7 nitrogen and oxygen atoms in total. The van der Waals surface area contributed by atoms with Crippen molar-refractivity contribution >= 4 is 11.9 Å². The van der Waals surface area contributed by atoms with Crippen molar-refractivity contribution in [2.45, 2.75) is 52.0 Å². The molecule has 0 aromatic heterocycles. The summed E-state index contributed by atoms with van der Waals surface area (Å²) in [6.45, 7) is 8.47. The molecule has 0 aliphatic carbocycles. The topological polar surface area (TPSA) is 113 Å². The van der Waals surface area contributed by atoms with Gasteiger partial charge < -0.3 is 16.4 Å². The summed E-state index contributed by atoms with van der Waals surface area (Å²) >= 11 is 0. The molecule has 7 N–H and O–H groups in total. The van der Waals surface area contributed by atoms with Crippen molar-refractivity contribution in [3.05, 3.63) is 0 Å². The van der Waals surface area contributed by atoms with Crippen molar-refractivity contribution in [2.24, 2.45) is 21.5 Å². The van der Waals surface area contributed by atoms with Crippen LogP contribution in [-0.2, 0) is 0 Å². The van der Waals surface area contributed by atoms with Crippen LogP contribution in [0, 0.1) is 0 Å². The standard InChI is InChI=1S/C11H25N7/c1-7(2)14-9-16-10(15-8(3)4)18-11(13,17-9)5-6-12/h7-8H,5-6,12-13H2,1-4H3,(H3,14,15,16,17,18). The minimum Gasteiger partial charge on any atom is -0.330 e. The second-order valence-electron chi connectivity index (χ2n) is 5.03. The quantitative estimate of drug-likeness (QED) is 0.454. The maximum Gasteiger partial charge on any atom is 0.201 e. The Balaban J connectivity index is 2.92. The molecule has 0 radical (unpaired) electrons. The third kappa shape index (κ3) is 4.50. The van der Waals surface area contributed by atoms with Crippen LogP contribution < -0.4 is 27.4 Å². The monoisotopic (exact) mass is 255 g/mol. The fourth-order valence-corrected chi connectivity index (χ4v) is 1.63. The molecule has 7 heteroatoms. The normalized spacial score (nSPS) is 28.4. The van der Waals surface area contributed by atoms with E-state index < -0.39 is 5.79 Å². The first kappa shape index (κ1) is 14.7. The fraction of sp³-hybridized carbons (Fsp3) is 0.818. The second kappa shape index (κ2) is 6.01. The molecule has 18 heavy (non-hydrogen) atoms. The Morgan fingerprint density at radius 3 is 1.83 bits per heavy atom. The molecule has 0 atom stereocenters. The predicted octanol–water partition coefficient (Wildman–Crippen LogP) is -0.741. The Kier molecular flexibility index (Phi) is 4.92. The number of hydrogen-bond acceptors (Lipinski definition) is 4. The molecule has 1 aliphatic heterocycles. The Morgan fingerprint density at radius 2 is 1.50 bits per heavy atom. The molecule has 0 saturated carbocycles. The second-order valence-corrected chi connectivity index (χ2v) is 5.03. The van der Waals surface area contributed by atoms with Crippen LogP contribution in [0.2, 0.25) is 0 Å². The zero-order valence-corrected chi connectivity index (χ0v) is 11.6. The molecule has 1 saturated heterocycles. The lowest BCUT2D eigenvalue weighted by Gasteiger charge is -2.39. The van der Waals surface area contributed by atoms with Gasteiger partial charge in [0.05, 0.1) is 0 Å². The van der Waals surface area contributed by atoms with Gasteiger partial charge in [0.25, 0.3) is 0 Å². The van der Waals surface area contributed by atoms with Gasteiger partial charge in [-0.25, -0.2) is 0 Å². The van der Waals surface area contributed by atoms with Gasteiger partial charge >= 0.3 is 0 Å². The summed E-state index contributed by atoms with van der Waals surface area (Å²) in [5.74, 6) is 0.444. The lowest BCUT2D eigenvalue weighted by molar-refractivity contribution is 0.322. The zero-order chi connectivity index (χ0) is 13.8. The fourth-order valence-electron chi connectivity index (χ4n) is 1.63. The van der Waals surface area contributed by atoms with Gasteiger partial charge in [-0.15, -0.1) is 0 Å². The van der Waals surface area contributed by atoms with Crippen LogP contribution in [0.1, 0.15) is 34.1 Å². The molecule has 1 rings (SSSR count). The molecule has 0 bridgehead atoms. The van der Waals surface area contributed by atoms with Gasteiger partial charge in [0, 0.05) is 18.5 Å². The molecule has 0 aromatic rings. The van der Waals surface area contributed by atoms with Crippen molar-refractivity contribution in [3.63, 3.8) is 0 Å². The van der Waals surface area contributed by atoms with Gasteiger partial charge in [0.2, 0.25) is 11.9 Å². The highest BCUT2D eigenvalue weighted by molar-refractivity contribution is 6.01. The summed E-state index contributed by atoms with van der Waals surface area (Å²) in [4.78, 5) is 8.85. The van der Waals surface area contributed by atoms with Crippen molar-refractivity contribution in [2.75, 3.05) is 6.54 Å². The molecule has 0 unspecified atom stereocenters. The van der Waals surface area contributed by atoms with Gasteiger partial charge in [-0.2, -0.15) is 0 Å². The number of aliphatic imine (C=N–C) groups is 2. The van der Waals surface area contributed by atoms with Crippen molar-refractivity contribution in [1.29, 1.82) is 0 Å². The maximum atomic E-state index is 6.20. The van der Waals surface area contributed by atoms with Crippen LogP contribution in [0.15, 0.2) is 9.98 Å². The number of nitrogens with two attached hydrogens (primary N) is 2. The van der Waals surface area contributed by atoms with Gasteiger partial charge in [0.1, 0.15) is 0 Å². The first-order chi connectivity index (χ1) is 8.34. The molecule has 1 aliphatic rings. The molecule has 0 aromatic carbocycles. The van der Waals surface area contributed by atoms with Crippen LogP contribution in [0.4, 0.5) is 0 Å². The number of hydrogen-bond donors (Lipinski definition) is 5. The van der Waals surface area contributed by atoms with Crippen molar-refractivity contribution < 1.29 is 0 Å². The van der Waals surface area contributed by atoms with Crippen LogP contribution in [-0.4, -0.2) is 36.3 Å². The lowest BCUT2D eigenvalue weighted by atomic mass is 10.2. The SMILES string of the molecule is CC(C)N=C1NC(=NC(C)C)NC(N)(CCN)N1. The number of rotatable bonds is 4. The molecular weight excluding hydrogens is 230 g/mol. The Bertz CT molecular complexity index is 306. The van der Waals surface area contributed by atoms with E-state index in [0.717, 1.165) is 0 Å². The van der Waals surface area contributed by atoms with E-state index in [4.69, 9.17) is 11.5 Å². The molecule has 0 spiro atoms. The predicted molar refractivity (Wildman–Crippen MR) is 75.1 cm³/mol. The molecule has 0 amide bonds. The summed E-state index contributed by atoms with van der Waals surface area (Å²) in [7, 11) is 0. The average Bonchev–Trinajstić information content (AvgIpc) is 2.13. The third-order valence-corrected chi connectivity index (χ3v) is 2.23. The van der Waals surface area contributed by atoms with Gasteiger partial charge in [-0.3, -0.25) is 21.0 Å². The highest BCUT2D eigenvalue weighted by Gasteiger charge is 2.31. The van der Waals surface area contributed by atoms with E-state index in [0.29, 0.717) is 24.9 Å². The van der Waals surface area contributed by atoms with E-state index in [1.807, 2.05) is 27.7 Å². The number of nitrogens with one attached hydrogen (secondary N) is 3. The first-order valence-corrected chi connectivity index (χ1v) is 6.32. The Hall–Kier alpha value is -1.34. The average molecular weight is 255 g/mol. The Morgan fingerprint density at radius 1 is 1.06 bits per heavy atom. The zero-order valence-electron chi connectivity index (χ0n) is 11.6.